The van der Waals surface area contributed by atoms with Crippen LogP contribution in [-0.4, -0.2) is 56.8 Å². The van der Waals surface area contributed by atoms with Crippen LogP contribution < -0.4 is 11.1 Å². The van der Waals surface area contributed by atoms with Crippen LogP contribution in [0.5, 0.6) is 0 Å². The van der Waals surface area contributed by atoms with Gasteiger partial charge in [0.2, 0.25) is 0 Å². The smallest absolute Gasteiger partial charge is 0.188 e. The molecule has 0 spiro atoms. The summed E-state index contributed by atoms with van der Waals surface area (Å²) in [7, 11) is 0. The highest BCUT2D eigenvalue weighted by Gasteiger charge is 2.08. The van der Waals surface area contributed by atoms with Gasteiger partial charge in [-0.15, -0.1) is 0 Å². The fraction of sp³-hybridized carbons (Fsp3) is 0.562. The van der Waals surface area contributed by atoms with Gasteiger partial charge in [0.05, 0.1) is 13.2 Å². The van der Waals surface area contributed by atoms with Crippen molar-refractivity contribution < 1.29 is 9.13 Å². The molecule has 22 heavy (non-hydrogen) atoms. The Morgan fingerprint density at radius 1 is 1.32 bits per heavy atom. The molecule has 0 radical (unpaired) electrons. The lowest BCUT2D eigenvalue weighted by atomic mass is 10.1. The fourth-order valence-electron chi connectivity index (χ4n) is 2.40. The fourth-order valence-corrected chi connectivity index (χ4v) is 2.40. The molecular weight excluding hydrogens is 283 g/mol. The van der Waals surface area contributed by atoms with E-state index in [1.54, 1.807) is 12.1 Å². The molecule has 1 aliphatic rings. The van der Waals surface area contributed by atoms with E-state index in [-0.39, 0.29) is 5.82 Å². The molecule has 0 unspecified atom stereocenters. The molecule has 0 amide bonds. The Morgan fingerprint density at radius 2 is 2.09 bits per heavy atom. The Morgan fingerprint density at radius 3 is 2.86 bits per heavy atom. The molecule has 1 saturated heterocycles. The summed E-state index contributed by atoms with van der Waals surface area (Å²) < 4.78 is 18.7. The quantitative estimate of drug-likeness (QED) is 0.448. The first-order valence-electron chi connectivity index (χ1n) is 7.83. The number of ether oxygens (including phenoxy) is 1. The van der Waals surface area contributed by atoms with Crippen molar-refractivity contribution in [3.8, 4) is 0 Å². The third-order valence-electron chi connectivity index (χ3n) is 3.68. The summed E-state index contributed by atoms with van der Waals surface area (Å²) >= 11 is 0. The normalized spacial score (nSPS) is 16.7. The van der Waals surface area contributed by atoms with Crippen LogP contribution in [0.15, 0.2) is 29.3 Å². The molecule has 2 rings (SSSR count). The standard InChI is InChI=1S/C16H25FN4O/c17-15-5-2-1-4-14(15)6-8-20-16(18)19-7-3-9-21-10-12-22-13-11-21/h1-2,4-5H,3,6-13H2,(H3,18,19,20). The topological polar surface area (TPSA) is 62.9 Å². The van der Waals surface area contributed by atoms with Crippen molar-refractivity contribution in [1.82, 2.24) is 10.2 Å². The van der Waals surface area contributed by atoms with Gasteiger partial charge in [0.1, 0.15) is 5.82 Å². The van der Waals surface area contributed by atoms with E-state index in [4.69, 9.17) is 10.5 Å². The van der Waals surface area contributed by atoms with Gasteiger partial charge < -0.3 is 15.8 Å². The number of halogens is 1. The van der Waals surface area contributed by atoms with Gasteiger partial charge in [-0.05, 0) is 24.5 Å². The number of morpholine rings is 1. The molecule has 3 N–H and O–H groups in total. The highest BCUT2D eigenvalue weighted by Crippen LogP contribution is 2.06. The highest BCUT2D eigenvalue weighted by atomic mass is 19.1. The van der Waals surface area contributed by atoms with E-state index in [0.29, 0.717) is 31.0 Å². The molecule has 1 aromatic carbocycles. The lowest BCUT2D eigenvalue weighted by Gasteiger charge is -2.26. The number of hydrogen-bond donors (Lipinski definition) is 2. The zero-order valence-corrected chi connectivity index (χ0v) is 12.9. The van der Waals surface area contributed by atoms with E-state index in [1.165, 1.54) is 6.07 Å². The molecule has 0 atom stereocenters. The molecule has 0 bridgehead atoms. The van der Waals surface area contributed by atoms with E-state index >= 15 is 0 Å². The number of rotatable bonds is 7. The monoisotopic (exact) mass is 308 g/mol. The number of guanidine groups is 1. The zero-order chi connectivity index (χ0) is 15.6. The Labute approximate surface area is 131 Å². The third kappa shape index (κ3) is 5.99. The maximum atomic E-state index is 13.4. The predicted molar refractivity (Wildman–Crippen MR) is 86.5 cm³/mol. The summed E-state index contributed by atoms with van der Waals surface area (Å²) in [6.45, 7) is 5.96. The highest BCUT2D eigenvalue weighted by molar-refractivity contribution is 5.77. The number of nitrogens with one attached hydrogen (secondary N) is 1. The van der Waals surface area contributed by atoms with Crippen molar-refractivity contribution in [1.29, 1.82) is 0 Å². The van der Waals surface area contributed by atoms with Crippen molar-refractivity contribution in [3.63, 3.8) is 0 Å². The van der Waals surface area contributed by atoms with E-state index in [0.717, 1.165) is 39.3 Å². The Bertz CT molecular complexity index is 475. The molecule has 0 aliphatic carbocycles. The van der Waals surface area contributed by atoms with Gasteiger partial charge in [-0.3, -0.25) is 9.89 Å². The van der Waals surface area contributed by atoms with Crippen molar-refractivity contribution in [2.75, 3.05) is 45.9 Å². The van der Waals surface area contributed by atoms with Crippen molar-refractivity contribution in [2.24, 2.45) is 10.7 Å². The first kappa shape index (κ1) is 16.7. The average Bonchev–Trinajstić information content (AvgIpc) is 2.54. The summed E-state index contributed by atoms with van der Waals surface area (Å²) in [6, 6.07) is 6.78. The second kappa shape index (κ2) is 9.38. The molecule has 1 aliphatic heterocycles. The summed E-state index contributed by atoms with van der Waals surface area (Å²) in [6.07, 6.45) is 1.58. The van der Waals surface area contributed by atoms with E-state index in [9.17, 15) is 4.39 Å². The van der Waals surface area contributed by atoms with E-state index in [2.05, 4.69) is 15.2 Å². The molecule has 1 heterocycles. The molecule has 6 heteroatoms. The van der Waals surface area contributed by atoms with Crippen molar-refractivity contribution in [3.05, 3.63) is 35.6 Å². The van der Waals surface area contributed by atoms with E-state index < -0.39 is 0 Å². The molecule has 122 valence electrons. The minimum Gasteiger partial charge on any atom is -0.379 e. The largest absolute Gasteiger partial charge is 0.379 e. The SMILES string of the molecule is NC(=NCCCN1CCOCC1)NCCc1ccccc1F. The second-order valence-electron chi connectivity index (χ2n) is 5.34. The zero-order valence-electron chi connectivity index (χ0n) is 12.9. The van der Waals surface area contributed by atoms with Crippen molar-refractivity contribution >= 4 is 5.96 Å². The predicted octanol–water partition coefficient (Wildman–Crippen LogP) is 0.995. The van der Waals surface area contributed by atoms with Crippen LogP contribution >= 0.6 is 0 Å². The van der Waals surface area contributed by atoms with Gasteiger partial charge in [-0.1, -0.05) is 18.2 Å². The first-order chi connectivity index (χ1) is 10.8. The number of hydrogen-bond acceptors (Lipinski definition) is 3. The number of aliphatic imine (C=N–C) groups is 1. The lowest BCUT2D eigenvalue weighted by Crippen LogP contribution is -2.37. The van der Waals surface area contributed by atoms with Gasteiger partial charge in [0, 0.05) is 32.7 Å². The van der Waals surface area contributed by atoms with Gasteiger partial charge in [-0.2, -0.15) is 0 Å². The minimum atomic E-state index is -0.176. The summed E-state index contributed by atoms with van der Waals surface area (Å²) in [5.74, 6) is 0.253. The number of nitrogens with two attached hydrogens (primary N) is 1. The first-order valence-corrected chi connectivity index (χ1v) is 7.83. The Hall–Kier alpha value is -1.66. The molecular formula is C16H25FN4O. The summed E-state index contributed by atoms with van der Waals surface area (Å²) in [5, 5.41) is 3.02. The summed E-state index contributed by atoms with van der Waals surface area (Å²) in [4.78, 5) is 6.67. The van der Waals surface area contributed by atoms with Gasteiger partial charge in [0.25, 0.3) is 0 Å². The molecule has 5 nitrogen and oxygen atoms in total. The lowest BCUT2D eigenvalue weighted by molar-refractivity contribution is 0.0377. The van der Waals surface area contributed by atoms with Crippen LogP contribution in [0.1, 0.15) is 12.0 Å². The molecule has 1 fully saturated rings. The number of benzene rings is 1. The van der Waals surface area contributed by atoms with Crippen LogP contribution in [0, 0.1) is 5.82 Å². The van der Waals surface area contributed by atoms with E-state index in [1.807, 2.05) is 6.07 Å². The Balaban J connectivity index is 1.58. The molecule has 1 aromatic rings. The second-order valence-corrected chi connectivity index (χ2v) is 5.34. The van der Waals surface area contributed by atoms with Crippen LogP contribution in [0.2, 0.25) is 0 Å². The van der Waals surface area contributed by atoms with Gasteiger partial charge in [0.15, 0.2) is 5.96 Å². The maximum absolute atomic E-state index is 13.4. The van der Waals surface area contributed by atoms with Crippen LogP contribution in [0.25, 0.3) is 0 Å². The van der Waals surface area contributed by atoms with Crippen LogP contribution in [-0.2, 0) is 11.2 Å². The van der Waals surface area contributed by atoms with Crippen LogP contribution in [0.3, 0.4) is 0 Å². The van der Waals surface area contributed by atoms with Crippen molar-refractivity contribution in [2.45, 2.75) is 12.8 Å². The van der Waals surface area contributed by atoms with Gasteiger partial charge >= 0.3 is 0 Å². The minimum absolute atomic E-state index is 0.176. The Kier molecular flexibility index (Phi) is 7.12. The number of nitrogens with zero attached hydrogens (tertiary/aromatic N) is 2. The van der Waals surface area contributed by atoms with Crippen LogP contribution in [0.4, 0.5) is 4.39 Å². The average molecular weight is 308 g/mol. The molecule has 0 aromatic heterocycles. The molecule has 0 saturated carbocycles. The van der Waals surface area contributed by atoms with Gasteiger partial charge in [-0.25, -0.2) is 4.39 Å². The maximum Gasteiger partial charge on any atom is 0.188 e. The summed E-state index contributed by atoms with van der Waals surface area (Å²) in [5.41, 5.74) is 6.50. The third-order valence-corrected chi connectivity index (χ3v) is 3.68.